The fourth-order valence-corrected chi connectivity index (χ4v) is 2.34. The van der Waals surface area contributed by atoms with Crippen molar-refractivity contribution < 1.29 is 4.74 Å². The van der Waals surface area contributed by atoms with Crippen molar-refractivity contribution in [3.63, 3.8) is 0 Å². The number of hydrogen-bond acceptors (Lipinski definition) is 3. The number of ether oxygens (including phenoxy) is 1. The number of benzene rings is 1. The highest BCUT2D eigenvalue weighted by molar-refractivity contribution is 7.09. The molecule has 2 rings (SSSR count). The van der Waals surface area contributed by atoms with E-state index in [-0.39, 0.29) is 0 Å². The predicted octanol–water partition coefficient (Wildman–Crippen LogP) is 3.53. The van der Waals surface area contributed by atoms with Crippen LogP contribution in [0.5, 0.6) is 5.75 Å². The predicted molar refractivity (Wildman–Crippen MR) is 69.0 cm³/mol. The Morgan fingerprint density at radius 1 is 1.31 bits per heavy atom. The lowest BCUT2D eigenvalue weighted by molar-refractivity contribution is 0.309. The molecule has 0 saturated carbocycles. The molecule has 2 aromatic rings. The maximum atomic E-state index is 5.94. The monoisotopic (exact) mass is 233 g/mol. The van der Waals surface area contributed by atoms with E-state index >= 15 is 0 Å². The first-order chi connectivity index (χ1) is 7.66. The minimum atomic E-state index is 0.589. The first-order valence-electron chi connectivity index (χ1n) is 5.18. The molecular weight excluding hydrogens is 218 g/mol. The van der Waals surface area contributed by atoms with Gasteiger partial charge in [-0.3, -0.25) is 0 Å². The van der Waals surface area contributed by atoms with E-state index in [4.69, 9.17) is 10.5 Å². The van der Waals surface area contributed by atoms with Crippen molar-refractivity contribution in [2.75, 3.05) is 5.73 Å². The highest BCUT2D eigenvalue weighted by Crippen LogP contribution is 2.28. The molecule has 0 bridgehead atoms. The molecule has 0 spiro atoms. The molecule has 0 aliphatic carbocycles. The molecule has 1 aromatic carbocycles. The van der Waals surface area contributed by atoms with Gasteiger partial charge in [-0.15, -0.1) is 11.3 Å². The largest absolute Gasteiger partial charge is 0.486 e. The van der Waals surface area contributed by atoms with E-state index < -0.39 is 0 Å². The Balaban J connectivity index is 2.15. The second-order valence-electron chi connectivity index (χ2n) is 3.87. The SMILES string of the molecule is Cc1cc(C)c(OCc2cccs2)c(N)c1. The normalized spacial score (nSPS) is 10.4. The van der Waals surface area contributed by atoms with Crippen molar-refractivity contribution in [1.29, 1.82) is 0 Å². The summed E-state index contributed by atoms with van der Waals surface area (Å²) in [6.07, 6.45) is 0. The number of nitrogens with two attached hydrogens (primary N) is 1. The summed E-state index contributed by atoms with van der Waals surface area (Å²) in [6, 6.07) is 8.11. The van der Waals surface area contributed by atoms with Crippen LogP contribution in [-0.4, -0.2) is 0 Å². The Hall–Kier alpha value is -1.48. The highest BCUT2D eigenvalue weighted by Gasteiger charge is 2.06. The number of hydrogen-bond donors (Lipinski definition) is 1. The molecule has 0 radical (unpaired) electrons. The van der Waals surface area contributed by atoms with Crippen molar-refractivity contribution >= 4 is 17.0 Å². The Bertz CT molecular complexity index is 454. The van der Waals surface area contributed by atoms with E-state index in [0.29, 0.717) is 12.3 Å². The van der Waals surface area contributed by atoms with Gasteiger partial charge >= 0.3 is 0 Å². The van der Waals surface area contributed by atoms with Gasteiger partial charge in [-0.25, -0.2) is 0 Å². The van der Waals surface area contributed by atoms with E-state index in [1.165, 1.54) is 10.4 Å². The summed E-state index contributed by atoms with van der Waals surface area (Å²) in [7, 11) is 0. The fraction of sp³-hybridized carbons (Fsp3) is 0.231. The number of anilines is 1. The van der Waals surface area contributed by atoms with E-state index in [2.05, 4.69) is 12.1 Å². The lowest BCUT2D eigenvalue weighted by Crippen LogP contribution is -2.00. The maximum Gasteiger partial charge on any atom is 0.145 e. The van der Waals surface area contributed by atoms with Gasteiger partial charge in [-0.2, -0.15) is 0 Å². The standard InChI is InChI=1S/C13H15NOS/c1-9-6-10(2)13(12(14)7-9)15-8-11-4-3-5-16-11/h3-7H,8,14H2,1-2H3. The van der Waals surface area contributed by atoms with Gasteiger partial charge in [0.05, 0.1) is 5.69 Å². The Morgan fingerprint density at radius 2 is 2.12 bits per heavy atom. The van der Waals surface area contributed by atoms with Gasteiger partial charge in [-0.1, -0.05) is 12.1 Å². The van der Waals surface area contributed by atoms with Crippen LogP contribution in [0, 0.1) is 13.8 Å². The molecule has 0 saturated heterocycles. The lowest BCUT2D eigenvalue weighted by atomic mass is 10.1. The average molecular weight is 233 g/mol. The van der Waals surface area contributed by atoms with Gasteiger partial charge in [0, 0.05) is 4.88 Å². The molecule has 1 heterocycles. The molecule has 3 heteroatoms. The zero-order chi connectivity index (χ0) is 11.5. The third kappa shape index (κ3) is 2.36. The van der Waals surface area contributed by atoms with Crippen molar-refractivity contribution in [2.24, 2.45) is 0 Å². The van der Waals surface area contributed by atoms with Crippen LogP contribution in [0.15, 0.2) is 29.6 Å². The summed E-state index contributed by atoms with van der Waals surface area (Å²) < 4.78 is 5.75. The number of rotatable bonds is 3. The van der Waals surface area contributed by atoms with Crippen LogP contribution in [0.25, 0.3) is 0 Å². The van der Waals surface area contributed by atoms with Crippen LogP contribution in [0.1, 0.15) is 16.0 Å². The average Bonchev–Trinajstić information content (AvgIpc) is 2.68. The van der Waals surface area contributed by atoms with Crippen LogP contribution in [-0.2, 0) is 6.61 Å². The first-order valence-corrected chi connectivity index (χ1v) is 6.06. The Kier molecular flexibility index (Phi) is 3.15. The summed E-state index contributed by atoms with van der Waals surface area (Å²) in [5.74, 6) is 0.805. The molecule has 0 aliphatic heterocycles. The van der Waals surface area contributed by atoms with Gasteiger partial charge < -0.3 is 10.5 Å². The number of aryl methyl sites for hydroxylation is 2. The Labute approximate surface area is 99.7 Å². The topological polar surface area (TPSA) is 35.2 Å². The molecular formula is C13H15NOS. The molecule has 84 valence electrons. The first kappa shape index (κ1) is 11.0. The quantitative estimate of drug-likeness (QED) is 0.823. The van der Waals surface area contributed by atoms with Crippen LogP contribution in [0.4, 0.5) is 5.69 Å². The minimum Gasteiger partial charge on any atom is -0.486 e. The molecule has 2 nitrogen and oxygen atoms in total. The van der Waals surface area contributed by atoms with E-state index in [1.807, 2.05) is 31.4 Å². The zero-order valence-corrected chi connectivity index (χ0v) is 10.3. The summed E-state index contributed by atoms with van der Waals surface area (Å²) in [6.45, 7) is 4.64. The molecule has 0 amide bonds. The molecule has 1 aromatic heterocycles. The molecule has 2 N–H and O–H groups in total. The minimum absolute atomic E-state index is 0.589. The zero-order valence-electron chi connectivity index (χ0n) is 9.49. The van der Waals surface area contributed by atoms with Crippen LogP contribution >= 0.6 is 11.3 Å². The molecule has 0 unspecified atom stereocenters. The van der Waals surface area contributed by atoms with E-state index in [1.54, 1.807) is 11.3 Å². The third-order valence-corrected chi connectivity index (χ3v) is 3.24. The van der Waals surface area contributed by atoms with Crippen LogP contribution < -0.4 is 10.5 Å². The van der Waals surface area contributed by atoms with Gasteiger partial charge in [0.15, 0.2) is 0 Å². The van der Waals surface area contributed by atoms with Crippen molar-refractivity contribution in [1.82, 2.24) is 0 Å². The smallest absolute Gasteiger partial charge is 0.145 e. The number of nitrogen functional groups attached to an aromatic ring is 1. The summed E-state index contributed by atoms with van der Waals surface area (Å²) in [5, 5.41) is 2.05. The van der Waals surface area contributed by atoms with Gasteiger partial charge in [0.2, 0.25) is 0 Å². The highest BCUT2D eigenvalue weighted by atomic mass is 32.1. The lowest BCUT2D eigenvalue weighted by Gasteiger charge is -2.11. The molecule has 0 atom stereocenters. The van der Waals surface area contributed by atoms with E-state index in [9.17, 15) is 0 Å². The van der Waals surface area contributed by atoms with Crippen molar-refractivity contribution in [3.8, 4) is 5.75 Å². The third-order valence-electron chi connectivity index (χ3n) is 2.39. The van der Waals surface area contributed by atoms with Gasteiger partial charge in [0.25, 0.3) is 0 Å². The Morgan fingerprint density at radius 3 is 2.75 bits per heavy atom. The molecule has 16 heavy (non-hydrogen) atoms. The molecule has 0 fully saturated rings. The summed E-state index contributed by atoms with van der Waals surface area (Å²) >= 11 is 1.69. The van der Waals surface area contributed by atoms with E-state index in [0.717, 1.165) is 11.3 Å². The molecule has 0 aliphatic rings. The van der Waals surface area contributed by atoms with Gasteiger partial charge in [0.1, 0.15) is 12.4 Å². The summed E-state index contributed by atoms with van der Waals surface area (Å²) in [4.78, 5) is 1.21. The number of thiophene rings is 1. The van der Waals surface area contributed by atoms with Crippen molar-refractivity contribution in [2.45, 2.75) is 20.5 Å². The van der Waals surface area contributed by atoms with Crippen molar-refractivity contribution in [3.05, 3.63) is 45.6 Å². The van der Waals surface area contributed by atoms with Crippen LogP contribution in [0.3, 0.4) is 0 Å². The summed E-state index contributed by atoms with van der Waals surface area (Å²) in [5.41, 5.74) is 8.91. The van der Waals surface area contributed by atoms with Gasteiger partial charge in [-0.05, 0) is 42.5 Å². The second kappa shape index (κ2) is 4.58. The maximum absolute atomic E-state index is 5.94. The fourth-order valence-electron chi connectivity index (χ4n) is 1.72. The van der Waals surface area contributed by atoms with Crippen LogP contribution in [0.2, 0.25) is 0 Å². The second-order valence-corrected chi connectivity index (χ2v) is 4.90.